The molecule has 1 aromatic rings. The molecule has 0 aliphatic carbocycles. The molecule has 17 heavy (non-hydrogen) atoms. The molecule has 0 aliphatic rings. The highest BCUT2D eigenvalue weighted by molar-refractivity contribution is 5.65. The molecule has 1 unspecified atom stereocenters. The maximum atomic E-state index is 10.9. The molecule has 4 nitrogen and oxygen atoms in total. The Bertz CT molecular complexity index is 387. The van der Waals surface area contributed by atoms with E-state index in [1.54, 1.807) is 13.8 Å². The number of primary amides is 1. The lowest BCUT2D eigenvalue weighted by molar-refractivity contribution is -0.109. The van der Waals surface area contributed by atoms with E-state index < -0.39 is 11.7 Å². The molecule has 0 spiro atoms. The zero-order valence-corrected chi connectivity index (χ0v) is 10.1. The third-order valence-corrected chi connectivity index (χ3v) is 2.74. The van der Waals surface area contributed by atoms with Crippen LogP contribution in [-0.4, -0.2) is 18.0 Å². The van der Waals surface area contributed by atoms with E-state index in [1.807, 2.05) is 30.3 Å². The maximum Gasteiger partial charge on any atom is 0.405 e. The first kappa shape index (κ1) is 13.2. The molecule has 0 saturated carbocycles. The fourth-order valence-electron chi connectivity index (χ4n) is 1.93. The molecule has 0 aromatic heterocycles. The summed E-state index contributed by atoms with van der Waals surface area (Å²) in [6, 6.07) is 9.46. The second kappa shape index (κ2) is 5.48. The minimum atomic E-state index is -0.832. The van der Waals surface area contributed by atoms with Crippen molar-refractivity contribution in [3.05, 3.63) is 35.9 Å². The van der Waals surface area contributed by atoms with Gasteiger partial charge in [-0.1, -0.05) is 30.3 Å². The Hall–Kier alpha value is -1.84. The van der Waals surface area contributed by atoms with Crippen molar-refractivity contribution in [1.82, 2.24) is 0 Å². The van der Waals surface area contributed by atoms with Crippen LogP contribution in [0.2, 0.25) is 0 Å². The quantitative estimate of drug-likeness (QED) is 0.795. The molecule has 0 bridgehead atoms. The minimum Gasteiger partial charge on any atom is -0.443 e. The topological polar surface area (TPSA) is 69.4 Å². The van der Waals surface area contributed by atoms with Crippen molar-refractivity contribution in [2.45, 2.75) is 31.8 Å². The first-order valence-corrected chi connectivity index (χ1v) is 5.44. The fraction of sp³-hybridized carbons (Fsp3) is 0.385. The van der Waals surface area contributed by atoms with Crippen LogP contribution in [0.4, 0.5) is 4.79 Å². The first-order valence-electron chi connectivity index (χ1n) is 5.44. The Morgan fingerprint density at radius 3 is 2.47 bits per heavy atom. The molecule has 92 valence electrons. The van der Waals surface area contributed by atoms with Gasteiger partial charge < -0.3 is 15.3 Å². The van der Waals surface area contributed by atoms with Gasteiger partial charge in [0.05, 0.1) is 0 Å². The summed E-state index contributed by atoms with van der Waals surface area (Å²) >= 11 is 0. The van der Waals surface area contributed by atoms with Crippen LogP contribution in [0.3, 0.4) is 0 Å². The lowest BCUT2D eigenvalue weighted by atomic mass is 9.82. The summed E-state index contributed by atoms with van der Waals surface area (Å²) in [5, 5.41) is 0. The van der Waals surface area contributed by atoms with Crippen molar-refractivity contribution < 1.29 is 14.3 Å². The molecule has 0 radical (unpaired) electrons. The van der Waals surface area contributed by atoms with Crippen molar-refractivity contribution in [3.8, 4) is 0 Å². The average molecular weight is 235 g/mol. The predicted molar refractivity (Wildman–Crippen MR) is 64.6 cm³/mol. The molecule has 1 aromatic carbocycles. The van der Waals surface area contributed by atoms with E-state index >= 15 is 0 Å². The smallest absolute Gasteiger partial charge is 0.405 e. The standard InChI is InChI=1S/C13H17NO3/c1-13(2,17-12(14)16)11(8-9-15)10-6-4-3-5-7-10/h3-7,9,11H,8H2,1-2H3,(H2,14,16). The summed E-state index contributed by atoms with van der Waals surface area (Å²) in [4.78, 5) is 21.6. The van der Waals surface area contributed by atoms with Crippen LogP contribution in [0.5, 0.6) is 0 Å². The van der Waals surface area contributed by atoms with Crippen LogP contribution in [0.15, 0.2) is 30.3 Å². The van der Waals surface area contributed by atoms with E-state index in [0.29, 0.717) is 0 Å². The highest BCUT2D eigenvalue weighted by Gasteiger charge is 2.33. The van der Waals surface area contributed by atoms with Crippen LogP contribution in [0, 0.1) is 0 Å². The van der Waals surface area contributed by atoms with Crippen LogP contribution in [-0.2, 0) is 9.53 Å². The largest absolute Gasteiger partial charge is 0.443 e. The Morgan fingerprint density at radius 2 is 2.00 bits per heavy atom. The Balaban J connectivity index is 3.00. The van der Waals surface area contributed by atoms with Gasteiger partial charge in [-0.25, -0.2) is 4.79 Å². The van der Waals surface area contributed by atoms with Crippen LogP contribution >= 0.6 is 0 Å². The summed E-state index contributed by atoms with van der Waals surface area (Å²) in [5.74, 6) is -0.200. The first-order chi connectivity index (χ1) is 7.97. The number of carbonyl (C=O) groups is 2. The number of aldehydes is 1. The third kappa shape index (κ3) is 3.59. The monoisotopic (exact) mass is 235 g/mol. The molecule has 1 amide bonds. The van der Waals surface area contributed by atoms with Gasteiger partial charge in [-0.2, -0.15) is 0 Å². The number of hydrogen-bond donors (Lipinski definition) is 1. The maximum absolute atomic E-state index is 10.9. The molecular formula is C13H17NO3. The Kier molecular flexibility index (Phi) is 4.26. The third-order valence-electron chi connectivity index (χ3n) is 2.74. The summed E-state index contributed by atoms with van der Waals surface area (Å²) in [5.41, 5.74) is 5.18. The van der Waals surface area contributed by atoms with Crippen LogP contribution < -0.4 is 5.73 Å². The zero-order valence-electron chi connectivity index (χ0n) is 10.1. The molecule has 2 N–H and O–H groups in total. The minimum absolute atomic E-state index is 0.200. The number of rotatable bonds is 5. The van der Waals surface area contributed by atoms with Gasteiger partial charge in [-0.05, 0) is 19.4 Å². The number of carbonyl (C=O) groups excluding carboxylic acids is 2. The highest BCUT2D eigenvalue weighted by atomic mass is 16.6. The van der Waals surface area contributed by atoms with E-state index in [1.165, 1.54) is 0 Å². The van der Waals surface area contributed by atoms with Crippen LogP contribution in [0.1, 0.15) is 31.7 Å². The fourth-order valence-corrected chi connectivity index (χ4v) is 1.93. The van der Waals surface area contributed by atoms with E-state index in [2.05, 4.69) is 0 Å². The van der Waals surface area contributed by atoms with E-state index in [9.17, 15) is 9.59 Å². The molecular weight excluding hydrogens is 218 g/mol. The lowest BCUT2D eigenvalue weighted by Gasteiger charge is -2.32. The summed E-state index contributed by atoms with van der Waals surface area (Å²) in [6.45, 7) is 3.50. The molecule has 1 rings (SSSR count). The highest BCUT2D eigenvalue weighted by Crippen LogP contribution is 2.33. The van der Waals surface area contributed by atoms with Gasteiger partial charge in [0.2, 0.25) is 0 Å². The average Bonchev–Trinajstić information content (AvgIpc) is 2.25. The summed E-state index contributed by atoms with van der Waals surface area (Å²) in [6.07, 6.45) is 0.274. The summed E-state index contributed by atoms with van der Waals surface area (Å²) in [7, 11) is 0. The van der Waals surface area contributed by atoms with E-state index in [-0.39, 0.29) is 12.3 Å². The zero-order chi connectivity index (χ0) is 12.9. The number of benzene rings is 1. The SMILES string of the molecule is CC(C)(OC(N)=O)C(CC=O)c1ccccc1. The van der Waals surface area contributed by atoms with Gasteiger partial charge in [-0.3, -0.25) is 0 Å². The second-order valence-corrected chi connectivity index (χ2v) is 4.39. The lowest BCUT2D eigenvalue weighted by Crippen LogP contribution is -2.37. The van der Waals surface area contributed by atoms with E-state index in [0.717, 1.165) is 11.8 Å². The normalized spacial score (nSPS) is 12.8. The van der Waals surface area contributed by atoms with Gasteiger partial charge in [0.1, 0.15) is 11.9 Å². The van der Waals surface area contributed by atoms with Gasteiger partial charge in [-0.15, -0.1) is 0 Å². The van der Waals surface area contributed by atoms with Gasteiger partial charge in [0.25, 0.3) is 0 Å². The molecule has 0 heterocycles. The second-order valence-electron chi connectivity index (χ2n) is 4.39. The van der Waals surface area contributed by atoms with E-state index in [4.69, 9.17) is 10.5 Å². The number of amides is 1. The molecule has 0 saturated heterocycles. The molecule has 1 atom stereocenters. The Morgan fingerprint density at radius 1 is 1.41 bits per heavy atom. The van der Waals surface area contributed by atoms with Gasteiger partial charge in [0.15, 0.2) is 0 Å². The van der Waals surface area contributed by atoms with Crippen molar-refractivity contribution in [2.75, 3.05) is 0 Å². The Labute approximate surface area is 101 Å². The number of nitrogens with two attached hydrogens (primary N) is 1. The van der Waals surface area contributed by atoms with Gasteiger partial charge in [0, 0.05) is 12.3 Å². The predicted octanol–water partition coefficient (Wildman–Crippen LogP) is 2.23. The van der Waals surface area contributed by atoms with Crippen molar-refractivity contribution in [2.24, 2.45) is 5.73 Å². The number of hydrogen-bond acceptors (Lipinski definition) is 3. The van der Waals surface area contributed by atoms with Gasteiger partial charge >= 0.3 is 6.09 Å². The number of ether oxygens (including phenoxy) is 1. The van der Waals surface area contributed by atoms with Crippen molar-refractivity contribution in [3.63, 3.8) is 0 Å². The molecule has 0 aliphatic heterocycles. The van der Waals surface area contributed by atoms with Crippen LogP contribution in [0.25, 0.3) is 0 Å². The summed E-state index contributed by atoms with van der Waals surface area (Å²) < 4.78 is 5.09. The van der Waals surface area contributed by atoms with Crippen molar-refractivity contribution in [1.29, 1.82) is 0 Å². The van der Waals surface area contributed by atoms with Crippen molar-refractivity contribution >= 4 is 12.4 Å². The molecule has 0 fully saturated rings. The molecule has 4 heteroatoms.